The Labute approximate surface area is 133 Å². The summed E-state index contributed by atoms with van der Waals surface area (Å²) < 4.78 is 6.32. The van der Waals surface area contributed by atoms with Crippen molar-refractivity contribution < 1.29 is 9.66 Å². The van der Waals surface area contributed by atoms with Gasteiger partial charge in [-0.1, -0.05) is 44.0 Å². The molecule has 0 aromatic heterocycles. The van der Waals surface area contributed by atoms with Gasteiger partial charge >= 0.3 is 5.69 Å². The fourth-order valence-corrected chi connectivity index (χ4v) is 2.44. The third-order valence-electron chi connectivity index (χ3n) is 2.73. The SMILES string of the molecule is Cc1cc(CBr)ccc1Oc1ccc(Br)cc1[N+](=O)[O-]. The second-order valence-electron chi connectivity index (χ2n) is 4.20. The van der Waals surface area contributed by atoms with Crippen LogP contribution in [0.2, 0.25) is 0 Å². The van der Waals surface area contributed by atoms with Gasteiger partial charge in [-0.2, -0.15) is 0 Å². The smallest absolute Gasteiger partial charge is 0.312 e. The van der Waals surface area contributed by atoms with Crippen LogP contribution in [0, 0.1) is 17.0 Å². The van der Waals surface area contributed by atoms with Crippen LogP contribution in [-0.4, -0.2) is 4.92 Å². The minimum atomic E-state index is -0.456. The van der Waals surface area contributed by atoms with Gasteiger partial charge in [0.05, 0.1) is 4.92 Å². The minimum Gasteiger partial charge on any atom is -0.450 e. The molecule has 0 unspecified atom stereocenters. The molecule has 4 nitrogen and oxygen atoms in total. The van der Waals surface area contributed by atoms with Gasteiger partial charge in [0.25, 0.3) is 0 Å². The summed E-state index contributed by atoms with van der Waals surface area (Å²) in [7, 11) is 0. The van der Waals surface area contributed by atoms with E-state index in [1.807, 2.05) is 25.1 Å². The second-order valence-corrected chi connectivity index (χ2v) is 5.68. The molecule has 0 radical (unpaired) electrons. The number of rotatable bonds is 4. The van der Waals surface area contributed by atoms with Gasteiger partial charge in [0, 0.05) is 15.9 Å². The highest BCUT2D eigenvalue weighted by atomic mass is 79.9. The Morgan fingerprint density at radius 1 is 1.20 bits per heavy atom. The summed E-state index contributed by atoms with van der Waals surface area (Å²) in [4.78, 5) is 10.6. The number of alkyl halides is 1. The normalized spacial score (nSPS) is 10.3. The number of hydrogen-bond donors (Lipinski definition) is 0. The van der Waals surface area contributed by atoms with Crippen molar-refractivity contribution in [3.8, 4) is 11.5 Å². The molecule has 0 aliphatic rings. The van der Waals surface area contributed by atoms with E-state index >= 15 is 0 Å². The molecule has 0 amide bonds. The summed E-state index contributed by atoms with van der Waals surface area (Å²) in [5.41, 5.74) is 1.99. The fourth-order valence-electron chi connectivity index (χ4n) is 1.75. The maximum atomic E-state index is 11.0. The molecule has 104 valence electrons. The molecule has 2 rings (SSSR count). The molecule has 2 aromatic rings. The van der Waals surface area contributed by atoms with E-state index in [2.05, 4.69) is 31.9 Å². The Morgan fingerprint density at radius 2 is 1.90 bits per heavy atom. The fraction of sp³-hybridized carbons (Fsp3) is 0.143. The average molecular weight is 401 g/mol. The summed E-state index contributed by atoms with van der Waals surface area (Å²) >= 11 is 6.60. The van der Waals surface area contributed by atoms with E-state index in [9.17, 15) is 10.1 Å². The van der Waals surface area contributed by atoms with Crippen LogP contribution in [0.1, 0.15) is 11.1 Å². The molecule has 20 heavy (non-hydrogen) atoms. The van der Waals surface area contributed by atoms with Gasteiger partial charge in [-0.3, -0.25) is 10.1 Å². The lowest BCUT2D eigenvalue weighted by atomic mass is 10.1. The average Bonchev–Trinajstić information content (AvgIpc) is 2.42. The second kappa shape index (κ2) is 6.37. The zero-order valence-electron chi connectivity index (χ0n) is 10.6. The Kier molecular flexibility index (Phi) is 4.77. The van der Waals surface area contributed by atoms with Crippen molar-refractivity contribution in [1.82, 2.24) is 0 Å². The first-order chi connectivity index (χ1) is 9.51. The third-order valence-corrected chi connectivity index (χ3v) is 3.87. The third kappa shape index (κ3) is 3.37. The van der Waals surface area contributed by atoms with Crippen molar-refractivity contribution in [3.05, 3.63) is 62.1 Å². The number of ether oxygens (including phenoxy) is 1. The molecular formula is C14H11Br2NO3. The highest BCUT2D eigenvalue weighted by Crippen LogP contribution is 2.35. The predicted octanol–water partition coefficient (Wildman–Crippen LogP) is 5.35. The monoisotopic (exact) mass is 399 g/mol. The van der Waals surface area contributed by atoms with Crippen molar-refractivity contribution in [2.45, 2.75) is 12.3 Å². The van der Waals surface area contributed by atoms with E-state index in [1.54, 1.807) is 12.1 Å². The number of nitro groups is 1. The number of nitro benzene ring substituents is 1. The van der Waals surface area contributed by atoms with Gasteiger partial charge < -0.3 is 4.74 Å². The Bertz CT molecular complexity index is 659. The predicted molar refractivity (Wildman–Crippen MR) is 84.7 cm³/mol. The van der Waals surface area contributed by atoms with E-state index in [4.69, 9.17) is 4.74 Å². The molecule has 0 atom stereocenters. The Morgan fingerprint density at radius 3 is 2.50 bits per heavy atom. The van der Waals surface area contributed by atoms with Gasteiger partial charge in [-0.05, 0) is 36.2 Å². The molecule has 0 aliphatic carbocycles. The van der Waals surface area contributed by atoms with Crippen LogP contribution in [-0.2, 0) is 5.33 Å². The Balaban J connectivity index is 2.37. The van der Waals surface area contributed by atoms with Crippen LogP contribution in [0.25, 0.3) is 0 Å². The number of hydrogen-bond acceptors (Lipinski definition) is 3. The van der Waals surface area contributed by atoms with E-state index in [0.29, 0.717) is 10.2 Å². The molecule has 0 aliphatic heterocycles. The number of halogens is 2. The van der Waals surface area contributed by atoms with Crippen LogP contribution in [0.4, 0.5) is 5.69 Å². The topological polar surface area (TPSA) is 52.4 Å². The van der Waals surface area contributed by atoms with E-state index in [1.165, 1.54) is 6.07 Å². The van der Waals surface area contributed by atoms with Crippen molar-refractivity contribution >= 4 is 37.5 Å². The molecular weight excluding hydrogens is 390 g/mol. The minimum absolute atomic E-state index is 0.0663. The van der Waals surface area contributed by atoms with Gasteiger partial charge in [0.1, 0.15) is 5.75 Å². The van der Waals surface area contributed by atoms with Gasteiger partial charge in [0.15, 0.2) is 0 Å². The quantitative estimate of drug-likeness (QED) is 0.394. The van der Waals surface area contributed by atoms with Gasteiger partial charge in [-0.25, -0.2) is 0 Å². The number of benzene rings is 2. The molecule has 0 fully saturated rings. The molecule has 0 heterocycles. The summed E-state index contributed by atoms with van der Waals surface area (Å²) in [5, 5.41) is 11.8. The van der Waals surface area contributed by atoms with Crippen LogP contribution in [0.3, 0.4) is 0 Å². The zero-order valence-corrected chi connectivity index (χ0v) is 13.8. The maximum absolute atomic E-state index is 11.0. The van der Waals surface area contributed by atoms with Gasteiger partial charge in [0.2, 0.25) is 5.75 Å². The van der Waals surface area contributed by atoms with Crippen molar-refractivity contribution in [2.24, 2.45) is 0 Å². The van der Waals surface area contributed by atoms with Crippen LogP contribution in [0.15, 0.2) is 40.9 Å². The number of aryl methyl sites for hydroxylation is 1. The first-order valence-electron chi connectivity index (χ1n) is 5.78. The zero-order chi connectivity index (χ0) is 14.7. The lowest BCUT2D eigenvalue weighted by molar-refractivity contribution is -0.385. The molecule has 2 aromatic carbocycles. The van der Waals surface area contributed by atoms with E-state index < -0.39 is 4.92 Å². The van der Waals surface area contributed by atoms with Crippen LogP contribution >= 0.6 is 31.9 Å². The van der Waals surface area contributed by atoms with Crippen LogP contribution in [0.5, 0.6) is 11.5 Å². The summed E-state index contributed by atoms with van der Waals surface area (Å²) in [5.74, 6) is 0.841. The first-order valence-corrected chi connectivity index (χ1v) is 7.70. The first kappa shape index (κ1) is 15.0. The van der Waals surface area contributed by atoms with Crippen molar-refractivity contribution in [1.29, 1.82) is 0 Å². The summed E-state index contributed by atoms with van der Waals surface area (Å²) in [6, 6.07) is 10.4. The molecule has 0 spiro atoms. The van der Waals surface area contributed by atoms with E-state index in [0.717, 1.165) is 16.5 Å². The largest absolute Gasteiger partial charge is 0.450 e. The number of nitrogens with zero attached hydrogens (tertiary/aromatic N) is 1. The molecule has 0 N–H and O–H groups in total. The maximum Gasteiger partial charge on any atom is 0.312 e. The lowest BCUT2D eigenvalue weighted by Crippen LogP contribution is -1.95. The van der Waals surface area contributed by atoms with Crippen molar-refractivity contribution in [3.63, 3.8) is 0 Å². The molecule has 6 heteroatoms. The molecule has 0 saturated heterocycles. The highest BCUT2D eigenvalue weighted by Gasteiger charge is 2.17. The van der Waals surface area contributed by atoms with Gasteiger partial charge in [-0.15, -0.1) is 0 Å². The standard InChI is InChI=1S/C14H11Br2NO3/c1-9-6-10(8-15)2-4-13(9)20-14-5-3-11(16)7-12(14)17(18)19/h2-7H,8H2,1H3. The van der Waals surface area contributed by atoms with E-state index in [-0.39, 0.29) is 11.4 Å². The molecule has 0 saturated carbocycles. The van der Waals surface area contributed by atoms with Crippen LogP contribution < -0.4 is 4.74 Å². The molecule has 0 bridgehead atoms. The van der Waals surface area contributed by atoms with Crippen molar-refractivity contribution in [2.75, 3.05) is 0 Å². The Hall–Kier alpha value is -1.40. The highest BCUT2D eigenvalue weighted by molar-refractivity contribution is 9.10. The lowest BCUT2D eigenvalue weighted by Gasteiger charge is -2.10. The summed E-state index contributed by atoms with van der Waals surface area (Å²) in [6.07, 6.45) is 0. The summed E-state index contributed by atoms with van der Waals surface area (Å²) in [6.45, 7) is 1.91.